The third kappa shape index (κ3) is 4.99. The Labute approximate surface area is 149 Å². The second-order valence-corrected chi connectivity index (χ2v) is 6.61. The summed E-state index contributed by atoms with van der Waals surface area (Å²) in [6, 6.07) is 16.9. The minimum Gasteiger partial charge on any atom is -0.312 e. The fraction of sp³-hybridized carbons (Fsp3) is 0.286. The summed E-state index contributed by atoms with van der Waals surface area (Å²) >= 11 is 0. The van der Waals surface area contributed by atoms with E-state index >= 15 is 0 Å². The molecule has 0 saturated carbocycles. The average molecular weight is 337 g/mol. The highest BCUT2D eigenvalue weighted by Gasteiger charge is 2.25. The molecule has 0 aliphatic carbocycles. The Kier molecular flexibility index (Phi) is 6.46. The molecule has 1 heterocycles. The molecule has 0 saturated heterocycles. The van der Waals surface area contributed by atoms with Gasteiger partial charge >= 0.3 is 0 Å². The minimum atomic E-state index is -0.276. The van der Waals surface area contributed by atoms with Crippen LogP contribution in [0.4, 0.5) is 4.39 Å². The van der Waals surface area contributed by atoms with E-state index in [-0.39, 0.29) is 11.9 Å². The highest BCUT2D eigenvalue weighted by atomic mass is 19.1. The first kappa shape index (κ1) is 18.9. The standard InChI is InChI=1S/C18H15FN2.C3H9N/c1-21-12-15(10-18(21)14-5-3-2-4-6-14)16-9-13(11-20)7-8-17(16)19;1-4(2)3/h2-10,18H,12H2,1H3;1-3H3. The zero-order chi connectivity index (χ0) is 18.4. The molecule has 0 fully saturated rings. The van der Waals surface area contributed by atoms with Gasteiger partial charge in [0.1, 0.15) is 5.82 Å². The van der Waals surface area contributed by atoms with Crippen molar-refractivity contribution >= 4 is 5.57 Å². The van der Waals surface area contributed by atoms with Gasteiger partial charge in [0.15, 0.2) is 0 Å². The van der Waals surface area contributed by atoms with Crippen LogP contribution in [-0.4, -0.2) is 44.5 Å². The third-order valence-corrected chi connectivity index (χ3v) is 3.84. The molecular formula is C21H24FN3. The lowest BCUT2D eigenvalue weighted by Crippen LogP contribution is -2.19. The SMILES string of the molecule is CN(C)C.CN1CC(c2cc(C#N)ccc2F)=CC1c1ccccc1. The van der Waals surface area contributed by atoms with Crippen molar-refractivity contribution in [1.29, 1.82) is 5.26 Å². The Morgan fingerprint density at radius 2 is 1.76 bits per heavy atom. The summed E-state index contributed by atoms with van der Waals surface area (Å²) in [4.78, 5) is 4.17. The topological polar surface area (TPSA) is 30.3 Å². The Hall–Kier alpha value is -2.48. The molecular weight excluding hydrogens is 313 g/mol. The van der Waals surface area contributed by atoms with E-state index in [0.29, 0.717) is 17.7 Å². The first-order valence-electron chi connectivity index (χ1n) is 8.19. The van der Waals surface area contributed by atoms with Gasteiger partial charge in [-0.25, -0.2) is 4.39 Å². The molecule has 0 aromatic heterocycles. The summed E-state index contributed by atoms with van der Waals surface area (Å²) in [7, 11) is 8.02. The van der Waals surface area contributed by atoms with Gasteiger partial charge in [-0.3, -0.25) is 4.90 Å². The first-order valence-corrected chi connectivity index (χ1v) is 8.19. The van der Waals surface area contributed by atoms with Gasteiger partial charge in [-0.1, -0.05) is 36.4 Å². The van der Waals surface area contributed by atoms with Crippen molar-refractivity contribution < 1.29 is 4.39 Å². The molecule has 3 rings (SSSR count). The minimum absolute atomic E-state index is 0.145. The summed E-state index contributed by atoms with van der Waals surface area (Å²) in [6.45, 7) is 0.672. The van der Waals surface area contributed by atoms with E-state index in [4.69, 9.17) is 5.26 Å². The second-order valence-electron chi connectivity index (χ2n) is 6.61. The highest BCUT2D eigenvalue weighted by molar-refractivity contribution is 5.71. The number of rotatable bonds is 2. The van der Waals surface area contributed by atoms with E-state index in [0.717, 1.165) is 5.57 Å². The van der Waals surface area contributed by atoms with E-state index in [9.17, 15) is 4.39 Å². The predicted molar refractivity (Wildman–Crippen MR) is 101 cm³/mol. The zero-order valence-electron chi connectivity index (χ0n) is 15.2. The largest absolute Gasteiger partial charge is 0.312 e. The van der Waals surface area contributed by atoms with Crippen LogP contribution in [-0.2, 0) is 0 Å². The maximum Gasteiger partial charge on any atom is 0.130 e. The lowest BCUT2D eigenvalue weighted by Gasteiger charge is -2.19. The van der Waals surface area contributed by atoms with Crippen LogP contribution in [0.15, 0.2) is 54.6 Å². The number of likely N-dealkylation sites (N-methyl/N-ethyl adjacent to an activating group) is 1. The number of halogens is 1. The summed E-state index contributed by atoms with van der Waals surface area (Å²) in [5, 5.41) is 8.98. The Morgan fingerprint density at radius 1 is 1.12 bits per heavy atom. The van der Waals surface area contributed by atoms with Crippen LogP contribution in [0.1, 0.15) is 22.7 Å². The van der Waals surface area contributed by atoms with Gasteiger partial charge in [-0.2, -0.15) is 5.26 Å². The number of hydrogen-bond acceptors (Lipinski definition) is 3. The van der Waals surface area contributed by atoms with Crippen LogP contribution in [0.3, 0.4) is 0 Å². The molecule has 3 nitrogen and oxygen atoms in total. The number of hydrogen-bond donors (Lipinski definition) is 0. The molecule has 0 amide bonds. The Balaban J connectivity index is 0.000000511. The fourth-order valence-corrected chi connectivity index (χ4v) is 2.75. The molecule has 25 heavy (non-hydrogen) atoms. The van der Waals surface area contributed by atoms with Gasteiger partial charge in [0.2, 0.25) is 0 Å². The Morgan fingerprint density at radius 3 is 2.36 bits per heavy atom. The summed E-state index contributed by atoms with van der Waals surface area (Å²) in [5.41, 5.74) is 3.13. The van der Waals surface area contributed by atoms with Crippen molar-refractivity contribution in [3.63, 3.8) is 0 Å². The maximum atomic E-state index is 14.0. The van der Waals surface area contributed by atoms with Crippen molar-refractivity contribution in [2.45, 2.75) is 6.04 Å². The molecule has 0 N–H and O–H groups in total. The van der Waals surface area contributed by atoms with Crippen LogP contribution in [0.5, 0.6) is 0 Å². The fourth-order valence-electron chi connectivity index (χ4n) is 2.75. The van der Waals surface area contributed by atoms with Gasteiger partial charge < -0.3 is 4.90 Å². The summed E-state index contributed by atoms with van der Waals surface area (Å²) < 4.78 is 14.0. The van der Waals surface area contributed by atoms with Gasteiger partial charge in [-0.05, 0) is 57.5 Å². The third-order valence-electron chi connectivity index (χ3n) is 3.84. The molecule has 2 aromatic carbocycles. The second kappa shape index (κ2) is 8.57. The van der Waals surface area contributed by atoms with Crippen LogP contribution >= 0.6 is 0 Å². The normalized spacial score (nSPS) is 16.8. The smallest absolute Gasteiger partial charge is 0.130 e. The highest BCUT2D eigenvalue weighted by Crippen LogP contribution is 2.34. The maximum absolute atomic E-state index is 14.0. The number of benzene rings is 2. The van der Waals surface area contributed by atoms with E-state index in [1.54, 1.807) is 6.07 Å². The zero-order valence-corrected chi connectivity index (χ0v) is 15.2. The molecule has 0 bridgehead atoms. The van der Waals surface area contributed by atoms with Crippen LogP contribution in [0.2, 0.25) is 0 Å². The van der Waals surface area contributed by atoms with Gasteiger partial charge in [0.25, 0.3) is 0 Å². The van der Waals surface area contributed by atoms with Crippen molar-refractivity contribution in [2.24, 2.45) is 0 Å². The summed E-state index contributed by atoms with van der Waals surface area (Å²) in [6.07, 6.45) is 2.08. The predicted octanol–water partition coefficient (Wildman–Crippen LogP) is 3.95. The average Bonchev–Trinajstić information content (AvgIpc) is 2.97. The number of nitrogens with zero attached hydrogens (tertiary/aromatic N) is 3. The van der Waals surface area contributed by atoms with E-state index < -0.39 is 0 Å². The van der Waals surface area contributed by atoms with Gasteiger partial charge in [-0.15, -0.1) is 0 Å². The molecule has 1 atom stereocenters. The monoisotopic (exact) mass is 337 g/mol. The van der Waals surface area contributed by atoms with E-state index in [1.807, 2.05) is 51.3 Å². The molecule has 130 valence electrons. The molecule has 1 aliphatic rings. The van der Waals surface area contributed by atoms with E-state index in [1.165, 1.54) is 17.7 Å². The molecule has 1 aliphatic heterocycles. The van der Waals surface area contributed by atoms with Crippen LogP contribution in [0, 0.1) is 17.1 Å². The van der Waals surface area contributed by atoms with Gasteiger partial charge in [0, 0.05) is 12.1 Å². The Bertz CT molecular complexity index is 773. The molecule has 1 unspecified atom stereocenters. The lowest BCUT2D eigenvalue weighted by molar-refractivity contribution is 0.342. The summed E-state index contributed by atoms with van der Waals surface area (Å²) in [5.74, 6) is -0.276. The van der Waals surface area contributed by atoms with Crippen LogP contribution < -0.4 is 0 Å². The van der Waals surface area contributed by atoms with Crippen molar-refractivity contribution in [3.05, 3.63) is 77.1 Å². The molecule has 2 aromatic rings. The first-order chi connectivity index (χ1) is 11.9. The van der Waals surface area contributed by atoms with Crippen molar-refractivity contribution in [1.82, 2.24) is 9.80 Å². The van der Waals surface area contributed by atoms with Crippen molar-refractivity contribution in [3.8, 4) is 6.07 Å². The van der Waals surface area contributed by atoms with E-state index in [2.05, 4.69) is 29.2 Å². The lowest BCUT2D eigenvalue weighted by atomic mass is 10.0. The quantitative estimate of drug-likeness (QED) is 0.831. The van der Waals surface area contributed by atoms with Crippen LogP contribution in [0.25, 0.3) is 5.57 Å². The molecule has 0 spiro atoms. The molecule has 0 radical (unpaired) electrons. The van der Waals surface area contributed by atoms with Crippen molar-refractivity contribution in [2.75, 3.05) is 34.7 Å². The van der Waals surface area contributed by atoms with Gasteiger partial charge in [0.05, 0.1) is 17.7 Å². The number of nitriles is 1. The molecule has 4 heteroatoms.